The number of likely N-dealkylation sites (tertiary alicyclic amines) is 2. The van der Waals surface area contributed by atoms with E-state index < -0.39 is 6.10 Å². The summed E-state index contributed by atoms with van der Waals surface area (Å²) in [6, 6.07) is 2.12. The quantitative estimate of drug-likeness (QED) is 0.847. The fraction of sp³-hybridized carbons (Fsp3) is 0.750. The average Bonchev–Trinajstić information content (AvgIpc) is 3.09. The van der Waals surface area contributed by atoms with Gasteiger partial charge in [0.1, 0.15) is 0 Å². The summed E-state index contributed by atoms with van der Waals surface area (Å²) in [5.74, 6) is 0.627. The predicted octanol–water partition coefficient (Wildman–Crippen LogP) is 0.881. The van der Waals surface area contributed by atoms with Crippen molar-refractivity contribution in [1.82, 2.24) is 20.0 Å². The van der Waals surface area contributed by atoms with Gasteiger partial charge in [0.05, 0.1) is 11.8 Å². The lowest BCUT2D eigenvalue weighted by molar-refractivity contribution is -0.129. The lowest BCUT2D eigenvalue weighted by atomic mass is 9.94. The van der Waals surface area contributed by atoms with E-state index in [0.717, 1.165) is 50.3 Å². The Kier molecular flexibility index (Phi) is 4.78. The van der Waals surface area contributed by atoms with Crippen LogP contribution < -0.4 is 0 Å². The molecule has 22 heavy (non-hydrogen) atoms. The molecule has 0 spiro atoms. The number of aliphatic hydroxyl groups is 1. The topological polar surface area (TPSA) is 72.5 Å². The number of aromatic amines is 1. The second-order valence-electron chi connectivity index (χ2n) is 6.67. The molecule has 0 aliphatic carbocycles. The summed E-state index contributed by atoms with van der Waals surface area (Å²) in [6.45, 7) is 5.89. The van der Waals surface area contributed by atoms with Crippen LogP contribution in [0.3, 0.4) is 0 Å². The number of amides is 1. The van der Waals surface area contributed by atoms with Crippen LogP contribution in [0, 0.1) is 6.92 Å². The summed E-state index contributed by atoms with van der Waals surface area (Å²) < 4.78 is 0. The van der Waals surface area contributed by atoms with Crippen LogP contribution in [0.4, 0.5) is 0 Å². The molecule has 122 valence electrons. The van der Waals surface area contributed by atoms with E-state index >= 15 is 0 Å². The Bertz CT molecular complexity index is 516. The molecule has 2 N–H and O–H groups in total. The largest absolute Gasteiger partial charge is 0.390 e. The molecule has 1 aromatic rings. The predicted molar refractivity (Wildman–Crippen MR) is 83.6 cm³/mol. The third kappa shape index (κ3) is 3.67. The Morgan fingerprint density at radius 3 is 2.95 bits per heavy atom. The minimum atomic E-state index is -0.457. The van der Waals surface area contributed by atoms with Gasteiger partial charge in [-0.2, -0.15) is 5.10 Å². The highest BCUT2D eigenvalue weighted by molar-refractivity contribution is 5.78. The number of rotatable bonds is 5. The number of aryl methyl sites for hydroxylation is 1. The minimum absolute atomic E-state index is 0.183. The monoisotopic (exact) mass is 306 g/mol. The van der Waals surface area contributed by atoms with Crippen molar-refractivity contribution in [2.75, 3.05) is 32.7 Å². The number of H-pyrrole nitrogens is 1. The maximum atomic E-state index is 11.6. The number of aliphatic hydroxyl groups excluding tert-OH is 1. The van der Waals surface area contributed by atoms with Crippen LogP contribution >= 0.6 is 0 Å². The second-order valence-corrected chi connectivity index (χ2v) is 6.67. The molecule has 1 aromatic heterocycles. The molecule has 1 amide bonds. The normalized spacial score (nSPS) is 24.9. The molecule has 2 saturated heterocycles. The molecule has 2 aliphatic heterocycles. The number of hydrogen-bond donors (Lipinski definition) is 2. The van der Waals surface area contributed by atoms with Crippen LogP contribution in [0.2, 0.25) is 0 Å². The number of β-amino-alcohol motifs (C(OH)–C–C–N with tert-alkyl or cyclic N) is 1. The first kappa shape index (κ1) is 15.5. The zero-order valence-electron chi connectivity index (χ0n) is 13.3. The molecular weight excluding hydrogens is 280 g/mol. The van der Waals surface area contributed by atoms with E-state index in [1.807, 2.05) is 6.92 Å². The summed E-state index contributed by atoms with van der Waals surface area (Å²) in [5, 5.41) is 17.7. The van der Waals surface area contributed by atoms with Crippen molar-refractivity contribution in [3.63, 3.8) is 0 Å². The van der Waals surface area contributed by atoms with E-state index in [1.165, 1.54) is 0 Å². The molecule has 0 radical (unpaired) electrons. The number of carbonyl (C=O) groups is 1. The van der Waals surface area contributed by atoms with Gasteiger partial charge in [0.15, 0.2) is 0 Å². The van der Waals surface area contributed by atoms with Gasteiger partial charge in [-0.05, 0) is 38.8 Å². The molecule has 0 bridgehead atoms. The van der Waals surface area contributed by atoms with Crippen molar-refractivity contribution >= 4 is 5.91 Å². The van der Waals surface area contributed by atoms with Crippen LogP contribution in [0.25, 0.3) is 0 Å². The number of carbonyl (C=O) groups excluding carboxylic acids is 1. The van der Waals surface area contributed by atoms with Crippen molar-refractivity contribution in [3.05, 3.63) is 17.5 Å². The van der Waals surface area contributed by atoms with Gasteiger partial charge in [0, 0.05) is 44.2 Å². The first-order valence-corrected chi connectivity index (χ1v) is 8.32. The van der Waals surface area contributed by atoms with E-state index in [9.17, 15) is 9.90 Å². The molecule has 6 heteroatoms. The maximum Gasteiger partial charge on any atom is 0.222 e. The fourth-order valence-electron chi connectivity index (χ4n) is 3.62. The Hall–Kier alpha value is -1.40. The van der Waals surface area contributed by atoms with E-state index in [4.69, 9.17) is 0 Å². The van der Waals surface area contributed by atoms with Crippen LogP contribution in [0.1, 0.15) is 43.0 Å². The van der Waals surface area contributed by atoms with Gasteiger partial charge in [0.25, 0.3) is 0 Å². The number of piperidine rings is 1. The van der Waals surface area contributed by atoms with E-state index in [2.05, 4.69) is 21.2 Å². The van der Waals surface area contributed by atoms with Gasteiger partial charge in [-0.25, -0.2) is 0 Å². The molecule has 2 atom stereocenters. The molecule has 2 unspecified atom stereocenters. The molecule has 2 aliphatic rings. The van der Waals surface area contributed by atoms with Gasteiger partial charge in [-0.3, -0.25) is 9.89 Å². The minimum Gasteiger partial charge on any atom is -0.390 e. The van der Waals surface area contributed by atoms with Crippen molar-refractivity contribution in [2.45, 2.75) is 44.6 Å². The molecule has 3 heterocycles. The highest BCUT2D eigenvalue weighted by atomic mass is 16.3. The summed E-state index contributed by atoms with van der Waals surface area (Å²) in [7, 11) is 0. The molecule has 2 fully saturated rings. The lowest BCUT2D eigenvalue weighted by Gasteiger charge is -2.34. The molecular formula is C16H26N4O2. The van der Waals surface area contributed by atoms with Crippen molar-refractivity contribution in [2.24, 2.45) is 0 Å². The average molecular weight is 306 g/mol. The molecule has 3 rings (SSSR count). The molecule has 6 nitrogen and oxygen atoms in total. The number of nitrogens with one attached hydrogen (secondary N) is 1. The van der Waals surface area contributed by atoms with Crippen molar-refractivity contribution < 1.29 is 9.90 Å². The zero-order valence-corrected chi connectivity index (χ0v) is 13.3. The third-order valence-electron chi connectivity index (χ3n) is 4.72. The number of aromatic nitrogens is 2. The standard InChI is InChI=1S/C16H26N4O2/c1-12-8-15(18-17-12)13-4-2-6-19(9-13)10-14(21)11-20-7-3-5-16(20)22/h8,13-14,21H,2-7,9-11H2,1H3,(H,17,18). The second kappa shape index (κ2) is 6.79. The third-order valence-corrected chi connectivity index (χ3v) is 4.72. The van der Waals surface area contributed by atoms with Gasteiger partial charge >= 0.3 is 0 Å². The summed E-state index contributed by atoms with van der Waals surface area (Å²) in [5.41, 5.74) is 2.23. The first-order valence-electron chi connectivity index (χ1n) is 8.32. The summed E-state index contributed by atoms with van der Waals surface area (Å²) >= 11 is 0. The van der Waals surface area contributed by atoms with Crippen LogP contribution in [0.15, 0.2) is 6.07 Å². The fourth-order valence-corrected chi connectivity index (χ4v) is 3.62. The highest BCUT2D eigenvalue weighted by Gasteiger charge is 2.27. The molecule has 0 saturated carbocycles. The maximum absolute atomic E-state index is 11.6. The van der Waals surface area contributed by atoms with Gasteiger partial charge in [-0.15, -0.1) is 0 Å². The van der Waals surface area contributed by atoms with Gasteiger partial charge < -0.3 is 14.9 Å². The van der Waals surface area contributed by atoms with E-state index in [0.29, 0.717) is 25.4 Å². The Balaban J connectivity index is 1.50. The Labute approximate surface area is 131 Å². The highest BCUT2D eigenvalue weighted by Crippen LogP contribution is 2.26. The Morgan fingerprint density at radius 2 is 2.27 bits per heavy atom. The molecule has 0 aromatic carbocycles. The lowest BCUT2D eigenvalue weighted by Crippen LogP contribution is -2.44. The van der Waals surface area contributed by atoms with E-state index in [-0.39, 0.29) is 5.91 Å². The van der Waals surface area contributed by atoms with Crippen LogP contribution in [-0.4, -0.2) is 69.8 Å². The van der Waals surface area contributed by atoms with Crippen LogP contribution in [0.5, 0.6) is 0 Å². The van der Waals surface area contributed by atoms with Crippen LogP contribution in [-0.2, 0) is 4.79 Å². The van der Waals surface area contributed by atoms with Gasteiger partial charge in [-0.1, -0.05) is 0 Å². The number of nitrogens with zero attached hydrogens (tertiary/aromatic N) is 3. The van der Waals surface area contributed by atoms with Crippen molar-refractivity contribution in [3.8, 4) is 0 Å². The van der Waals surface area contributed by atoms with Crippen molar-refractivity contribution in [1.29, 1.82) is 0 Å². The van der Waals surface area contributed by atoms with E-state index in [1.54, 1.807) is 4.90 Å². The smallest absolute Gasteiger partial charge is 0.222 e. The zero-order chi connectivity index (χ0) is 15.5. The number of hydrogen-bond acceptors (Lipinski definition) is 4. The first-order chi connectivity index (χ1) is 10.6. The Morgan fingerprint density at radius 1 is 1.41 bits per heavy atom. The van der Waals surface area contributed by atoms with Gasteiger partial charge in [0.2, 0.25) is 5.91 Å². The SMILES string of the molecule is Cc1cc(C2CCCN(CC(O)CN3CCCC3=O)C2)n[nH]1. The summed E-state index contributed by atoms with van der Waals surface area (Å²) in [4.78, 5) is 15.7. The summed E-state index contributed by atoms with van der Waals surface area (Å²) in [6.07, 6.45) is 3.39.